The summed E-state index contributed by atoms with van der Waals surface area (Å²) in [7, 11) is 0. The van der Waals surface area contributed by atoms with Gasteiger partial charge < -0.3 is 10.0 Å². The van der Waals surface area contributed by atoms with Crippen LogP contribution in [-0.2, 0) is 6.18 Å². The second-order valence-electron chi connectivity index (χ2n) is 3.83. The van der Waals surface area contributed by atoms with E-state index in [0.717, 1.165) is 6.07 Å². The first-order chi connectivity index (χ1) is 7.50. The van der Waals surface area contributed by atoms with Crippen molar-refractivity contribution in [2.75, 3.05) is 24.6 Å². The van der Waals surface area contributed by atoms with E-state index in [1.165, 1.54) is 6.07 Å². The van der Waals surface area contributed by atoms with Crippen molar-refractivity contribution < 1.29 is 18.3 Å². The van der Waals surface area contributed by atoms with Crippen LogP contribution in [0.3, 0.4) is 0 Å². The maximum absolute atomic E-state index is 12.4. The van der Waals surface area contributed by atoms with Crippen LogP contribution in [0.4, 0.5) is 19.0 Å². The smallest absolute Gasteiger partial charge is 0.396 e. The number of nitrogens with zero attached hydrogens (tertiary/aromatic N) is 2. The number of alkyl halides is 3. The Morgan fingerprint density at radius 1 is 1.38 bits per heavy atom. The summed E-state index contributed by atoms with van der Waals surface area (Å²) in [5.41, 5.74) is -0.877. The minimum atomic E-state index is -4.41. The fourth-order valence-corrected chi connectivity index (χ4v) is 1.63. The van der Waals surface area contributed by atoms with Crippen LogP contribution in [0.15, 0.2) is 18.2 Å². The molecule has 16 heavy (non-hydrogen) atoms. The van der Waals surface area contributed by atoms with Gasteiger partial charge in [-0.25, -0.2) is 4.98 Å². The highest BCUT2D eigenvalue weighted by Crippen LogP contribution is 2.30. The predicted octanol–water partition coefficient (Wildman–Crippen LogP) is 1.53. The predicted molar refractivity (Wildman–Crippen MR) is 52.0 cm³/mol. The van der Waals surface area contributed by atoms with Gasteiger partial charge in [-0.1, -0.05) is 6.07 Å². The Bertz CT molecular complexity index is 375. The molecule has 88 valence electrons. The van der Waals surface area contributed by atoms with Gasteiger partial charge in [0.2, 0.25) is 0 Å². The second kappa shape index (κ2) is 3.93. The molecule has 1 N–H and O–H groups in total. The van der Waals surface area contributed by atoms with Crippen molar-refractivity contribution in [3.8, 4) is 0 Å². The molecule has 1 aliphatic rings. The zero-order valence-corrected chi connectivity index (χ0v) is 8.41. The molecule has 1 fully saturated rings. The first-order valence-electron chi connectivity index (χ1n) is 4.91. The maximum atomic E-state index is 12.4. The Hall–Kier alpha value is -1.30. The summed E-state index contributed by atoms with van der Waals surface area (Å²) in [5.74, 6) is 0.468. The van der Waals surface area contributed by atoms with Crippen LogP contribution < -0.4 is 4.90 Å². The average Bonchev–Trinajstić information content (AvgIpc) is 2.15. The van der Waals surface area contributed by atoms with E-state index in [9.17, 15) is 13.2 Å². The Labute approximate surface area is 90.5 Å². The SMILES string of the molecule is OCC1CN(c2cccc(C(F)(F)F)n2)C1. The molecule has 3 nitrogen and oxygen atoms in total. The molecule has 0 aliphatic carbocycles. The van der Waals surface area contributed by atoms with Gasteiger partial charge in [-0.05, 0) is 12.1 Å². The third-order valence-electron chi connectivity index (χ3n) is 2.56. The summed E-state index contributed by atoms with van der Waals surface area (Å²) in [5, 5.41) is 8.81. The zero-order valence-electron chi connectivity index (χ0n) is 8.41. The monoisotopic (exact) mass is 232 g/mol. The minimum absolute atomic E-state index is 0.0649. The lowest BCUT2D eigenvalue weighted by atomic mass is 10.0. The van der Waals surface area contributed by atoms with Gasteiger partial charge in [0.1, 0.15) is 11.5 Å². The van der Waals surface area contributed by atoms with Gasteiger partial charge in [0, 0.05) is 25.6 Å². The van der Waals surface area contributed by atoms with Crippen molar-refractivity contribution in [2.24, 2.45) is 5.92 Å². The number of aliphatic hydroxyl groups is 1. The summed E-state index contributed by atoms with van der Waals surface area (Å²) in [6, 6.07) is 3.84. The average molecular weight is 232 g/mol. The minimum Gasteiger partial charge on any atom is -0.396 e. The molecule has 1 saturated heterocycles. The number of aliphatic hydroxyl groups excluding tert-OH is 1. The fraction of sp³-hybridized carbons (Fsp3) is 0.500. The number of pyridine rings is 1. The Balaban J connectivity index is 2.12. The quantitative estimate of drug-likeness (QED) is 0.840. The van der Waals surface area contributed by atoms with E-state index in [0.29, 0.717) is 18.9 Å². The van der Waals surface area contributed by atoms with Crippen molar-refractivity contribution in [1.82, 2.24) is 4.98 Å². The number of aromatic nitrogens is 1. The van der Waals surface area contributed by atoms with Gasteiger partial charge in [-0.15, -0.1) is 0 Å². The van der Waals surface area contributed by atoms with E-state index >= 15 is 0 Å². The number of hydrogen-bond acceptors (Lipinski definition) is 3. The Morgan fingerprint density at radius 2 is 2.06 bits per heavy atom. The van der Waals surface area contributed by atoms with E-state index in [4.69, 9.17) is 5.11 Å². The number of rotatable bonds is 2. The zero-order chi connectivity index (χ0) is 11.8. The van der Waals surface area contributed by atoms with E-state index < -0.39 is 11.9 Å². The summed E-state index contributed by atoms with van der Waals surface area (Å²) >= 11 is 0. The van der Waals surface area contributed by atoms with Gasteiger partial charge in [0.25, 0.3) is 0 Å². The molecule has 1 aliphatic heterocycles. The van der Waals surface area contributed by atoms with E-state index in [1.807, 2.05) is 0 Å². The first-order valence-corrected chi connectivity index (χ1v) is 4.91. The molecule has 0 atom stereocenters. The third kappa shape index (κ3) is 2.11. The normalized spacial score (nSPS) is 17.4. The third-order valence-corrected chi connectivity index (χ3v) is 2.56. The second-order valence-corrected chi connectivity index (χ2v) is 3.83. The van der Waals surface area contributed by atoms with Gasteiger partial charge in [0.15, 0.2) is 0 Å². The first kappa shape index (κ1) is 11.2. The highest BCUT2D eigenvalue weighted by Gasteiger charge is 2.34. The van der Waals surface area contributed by atoms with Crippen molar-refractivity contribution in [2.45, 2.75) is 6.18 Å². The van der Waals surface area contributed by atoms with Gasteiger partial charge in [0.05, 0.1) is 0 Å². The molecule has 0 spiro atoms. The van der Waals surface area contributed by atoms with E-state index in [1.54, 1.807) is 11.0 Å². The molecular formula is C10H11F3N2O. The summed E-state index contributed by atoms with van der Waals surface area (Å²) in [4.78, 5) is 5.27. The molecule has 1 aromatic rings. The van der Waals surface area contributed by atoms with Crippen LogP contribution in [0.5, 0.6) is 0 Å². The van der Waals surface area contributed by atoms with Crippen LogP contribution in [0.1, 0.15) is 5.69 Å². The topological polar surface area (TPSA) is 36.4 Å². The van der Waals surface area contributed by atoms with Crippen molar-refractivity contribution in [3.05, 3.63) is 23.9 Å². The molecule has 6 heteroatoms. The molecule has 0 saturated carbocycles. The highest BCUT2D eigenvalue weighted by atomic mass is 19.4. The van der Waals surface area contributed by atoms with Gasteiger partial charge >= 0.3 is 6.18 Å². The standard InChI is InChI=1S/C10H11F3N2O/c11-10(12,13)8-2-1-3-9(14-8)15-4-7(5-15)6-16/h1-3,7,16H,4-6H2. The van der Waals surface area contributed by atoms with Gasteiger partial charge in [-0.2, -0.15) is 13.2 Å². The largest absolute Gasteiger partial charge is 0.433 e. The molecular weight excluding hydrogens is 221 g/mol. The molecule has 2 heterocycles. The lowest BCUT2D eigenvalue weighted by Crippen LogP contribution is -2.48. The molecule has 0 bridgehead atoms. The molecule has 0 radical (unpaired) electrons. The Morgan fingerprint density at radius 3 is 2.62 bits per heavy atom. The number of anilines is 1. The Kier molecular flexibility index (Phi) is 2.75. The van der Waals surface area contributed by atoms with Crippen LogP contribution >= 0.6 is 0 Å². The van der Waals surface area contributed by atoms with Crippen LogP contribution in [0.25, 0.3) is 0 Å². The molecule has 1 aromatic heterocycles. The lowest BCUT2D eigenvalue weighted by Gasteiger charge is -2.39. The molecule has 2 rings (SSSR count). The summed E-state index contributed by atoms with van der Waals surface area (Å²) in [6.07, 6.45) is -4.41. The van der Waals surface area contributed by atoms with Crippen LogP contribution in [0, 0.1) is 5.92 Å². The maximum Gasteiger partial charge on any atom is 0.433 e. The summed E-state index contributed by atoms with van der Waals surface area (Å²) in [6.45, 7) is 1.19. The van der Waals surface area contributed by atoms with Crippen molar-refractivity contribution in [1.29, 1.82) is 0 Å². The van der Waals surface area contributed by atoms with E-state index in [2.05, 4.69) is 4.98 Å². The number of hydrogen-bond donors (Lipinski definition) is 1. The summed E-state index contributed by atoms with van der Waals surface area (Å²) < 4.78 is 37.1. The lowest BCUT2D eigenvalue weighted by molar-refractivity contribution is -0.141. The van der Waals surface area contributed by atoms with Crippen molar-refractivity contribution >= 4 is 5.82 Å². The fourth-order valence-electron chi connectivity index (χ4n) is 1.63. The van der Waals surface area contributed by atoms with Crippen LogP contribution in [0.2, 0.25) is 0 Å². The van der Waals surface area contributed by atoms with Crippen molar-refractivity contribution in [3.63, 3.8) is 0 Å². The van der Waals surface area contributed by atoms with Gasteiger partial charge in [-0.3, -0.25) is 0 Å². The molecule has 0 unspecified atom stereocenters. The molecule has 0 aromatic carbocycles. The number of halogens is 3. The highest BCUT2D eigenvalue weighted by molar-refractivity contribution is 5.42. The van der Waals surface area contributed by atoms with Crippen LogP contribution in [-0.4, -0.2) is 29.8 Å². The van der Waals surface area contributed by atoms with E-state index in [-0.39, 0.29) is 12.5 Å². The molecule has 0 amide bonds.